The largest absolute Gasteiger partial charge is 0.283 e. The number of pyridine rings is 1. The second kappa shape index (κ2) is 4.16. The van der Waals surface area contributed by atoms with Crippen molar-refractivity contribution in [1.29, 1.82) is 0 Å². The summed E-state index contributed by atoms with van der Waals surface area (Å²) >= 11 is 0. The number of hydrogen-bond acceptors (Lipinski definition) is 3. The topological polar surface area (TPSA) is 43.1 Å². The third kappa shape index (κ3) is 1.99. The minimum absolute atomic E-state index is 0.0354. The van der Waals surface area contributed by atoms with Crippen LogP contribution in [0.2, 0.25) is 0 Å². The summed E-state index contributed by atoms with van der Waals surface area (Å²) in [6.07, 6.45) is 7.38. The van der Waals surface area contributed by atoms with Crippen molar-refractivity contribution in [3.63, 3.8) is 0 Å². The van der Waals surface area contributed by atoms with Crippen molar-refractivity contribution in [1.82, 2.24) is 19.4 Å². The van der Waals surface area contributed by atoms with Crippen LogP contribution in [0.25, 0.3) is 17.0 Å². The first kappa shape index (κ1) is 11.8. The van der Waals surface area contributed by atoms with E-state index in [1.807, 2.05) is 28.8 Å². The maximum absolute atomic E-state index is 4.69. The second-order valence-electron chi connectivity index (χ2n) is 5.58. The minimum Gasteiger partial charge on any atom is -0.283 e. The van der Waals surface area contributed by atoms with Gasteiger partial charge >= 0.3 is 0 Å². The van der Waals surface area contributed by atoms with Crippen LogP contribution in [-0.2, 0) is 5.41 Å². The molecule has 0 aliphatic rings. The van der Waals surface area contributed by atoms with Gasteiger partial charge in [-0.2, -0.15) is 0 Å². The zero-order chi connectivity index (χ0) is 13.5. The van der Waals surface area contributed by atoms with E-state index in [2.05, 4.69) is 30.7 Å². The number of fused-ring (bicyclic) bond motifs is 1. The lowest BCUT2D eigenvalue weighted by Crippen LogP contribution is -2.13. The van der Waals surface area contributed by atoms with Crippen LogP contribution < -0.4 is 0 Å². The van der Waals surface area contributed by atoms with Crippen molar-refractivity contribution >= 4 is 5.78 Å². The van der Waals surface area contributed by atoms with Crippen LogP contribution in [0, 0.1) is 0 Å². The van der Waals surface area contributed by atoms with E-state index >= 15 is 0 Å². The van der Waals surface area contributed by atoms with E-state index in [9.17, 15) is 0 Å². The fourth-order valence-electron chi connectivity index (χ4n) is 2.20. The molecular weight excluding hydrogens is 236 g/mol. The fourth-order valence-corrected chi connectivity index (χ4v) is 2.20. The van der Waals surface area contributed by atoms with Gasteiger partial charge in [-0.3, -0.25) is 9.38 Å². The van der Waals surface area contributed by atoms with E-state index in [1.165, 1.54) is 0 Å². The molecule has 3 aromatic rings. The molecular formula is C15H16N4. The van der Waals surface area contributed by atoms with Gasteiger partial charge in [0.25, 0.3) is 0 Å². The molecule has 0 amide bonds. The van der Waals surface area contributed by atoms with Crippen LogP contribution in [0.4, 0.5) is 0 Å². The number of hydrogen-bond donors (Lipinski definition) is 0. The monoisotopic (exact) mass is 252 g/mol. The van der Waals surface area contributed by atoms with Gasteiger partial charge in [0.05, 0.1) is 11.4 Å². The molecule has 0 aromatic carbocycles. The number of rotatable bonds is 1. The molecule has 4 heteroatoms. The standard InChI is InChI=1S/C15H16N4/c1-15(2,3)13-12(11-5-8-16-9-6-11)19-10-4-7-17-14(19)18-13/h4-10H,1-3H3. The molecule has 0 aliphatic carbocycles. The second-order valence-corrected chi connectivity index (χ2v) is 5.58. The Labute approximate surface area is 112 Å². The zero-order valence-electron chi connectivity index (χ0n) is 11.3. The first-order chi connectivity index (χ1) is 9.07. The van der Waals surface area contributed by atoms with Gasteiger partial charge < -0.3 is 0 Å². The lowest BCUT2D eigenvalue weighted by molar-refractivity contribution is 0.575. The normalized spacial score (nSPS) is 11.9. The summed E-state index contributed by atoms with van der Waals surface area (Å²) in [5.41, 5.74) is 3.22. The molecule has 0 fully saturated rings. The quantitative estimate of drug-likeness (QED) is 0.668. The van der Waals surface area contributed by atoms with Crippen molar-refractivity contribution in [2.24, 2.45) is 0 Å². The van der Waals surface area contributed by atoms with E-state index in [4.69, 9.17) is 4.98 Å². The molecule has 0 saturated carbocycles. The van der Waals surface area contributed by atoms with Gasteiger partial charge in [0, 0.05) is 35.8 Å². The molecule has 0 spiro atoms. The predicted molar refractivity (Wildman–Crippen MR) is 74.9 cm³/mol. The molecule has 0 bridgehead atoms. The van der Waals surface area contributed by atoms with Crippen LogP contribution in [0.1, 0.15) is 26.5 Å². The summed E-state index contributed by atoms with van der Waals surface area (Å²) < 4.78 is 2.04. The maximum atomic E-state index is 4.69. The van der Waals surface area contributed by atoms with Gasteiger partial charge in [0.1, 0.15) is 0 Å². The van der Waals surface area contributed by atoms with Crippen LogP contribution in [-0.4, -0.2) is 19.4 Å². The summed E-state index contributed by atoms with van der Waals surface area (Å²) in [5.74, 6) is 0.735. The third-order valence-electron chi connectivity index (χ3n) is 3.07. The minimum atomic E-state index is -0.0354. The highest BCUT2D eigenvalue weighted by atomic mass is 15.1. The van der Waals surface area contributed by atoms with E-state index < -0.39 is 0 Å². The molecule has 3 rings (SSSR count). The lowest BCUT2D eigenvalue weighted by atomic mass is 9.89. The lowest BCUT2D eigenvalue weighted by Gasteiger charge is -2.17. The molecule has 19 heavy (non-hydrogen) atoms. The van der Waals surface area contributed by atoms with Gasteiger partial charge in [-0.15, -0.1) is 0 Å². The molecule has 0 unspecified atom stereocenters. The predicted octanol–water partition coefficient (Wildman–Crippen LogP) is 3.09. The van der Waals surface area contributed by atoms with Crippen molar-refractivity contribution in [3.05, 3.63) is 48.7 Å². The van der Waals surface area contributed by atoms with Gasteiger partial charge in [0.15, 0.2) is 0 Å². The Bertz CT molecular complexity index is 708. The van der Waals surface area contributed by atoms with E-state index in [1.54, 1.807) is 18.6 Å². The Hall–Kier alpha value is -2.23. The summed E-state index contributed by atoms with van der Waals surface area (Å²) in [6.45, 7) is 6.50. The number of imidazole rings is 1. The van der Waals surface area contributed by atoms with E-state index in [0.717, 1.165) is 22.7 Å². The van der Waals surface area contributed by atoms with Crippen molar-refractivity contribution in [2.75, 3.05) is 0 Å². The van der Waals surface area contributed by atoms with Crippen molar-refractivity contribution < 1.29 is 0 Å². The Balaban J connectivity index is 2.38. The number of nitrogens with zero attached hydrogens (tertiary/aromatic N) is 4. The summed E-state index contributed by atoms with van der Waals surface area (Å²) in [7, 11) is 0. The van der Waals surface area contributed by atoms with Gasteiger partial charge in [-0.1, -0.05) is 20.8 Å². The van der Waals surface area contributed by atoms with Crippen LogP contribution in [0.5, 0.6) is 0 Å². The number of aromatic nitrogens is 4. The Morgan fingerprint density at radius 3 is 2.47 bits per heavy atom. The fraction of sp³-hybridized carbons (Fsp3) is 0.267. The molecule has 3 heterocycles. The molecule has 3 aromatic heterocycles. The highest BCUT2D eigenvalue weighted by molar-refractivity contribution is 5.66. The maximum Gasteiger partial charge on any atom is 0.234 e. The molecule has 0 N–H and O–H groups in total. The average Bonchev–Trinajstić information content (AvgIpc) is 2.79. The highest BCUT2D eigenvalue weighted by Gasteiger charge is 2.24. The van der Waals surface area contributed by atoms with Crippen molar-refractivity contribution in [3.8, 4) is 11.3 Å². The first-order valence-electron chi connectivity index (χ1n) is 6.31. The SMILES string of the molecule is CC(C)(C)c1nc2ncccn2c1-c1ccncc1. The van der Waals surface area contributed by atoms with Gasteiger partial charge in [-0.25, -0.2) is 9.97 Å². The van der Waals surface area contributed by atoms with Crippen LogP contribution in [0.3, 0.4) is 0 Å². The summed E-state index contributed by atoms with van der Waals surface area (Å²) in [4.78, 5) is 13.1. The van der Waals surface area contributed by atoms with Gasteiger partial charge in [-0.05, 0) is 18.2 Å². The van der Waals surface area contributed by atoms with E-state index in [0.29, 0.717) is 0 Å². The molecule has 4 nitrogen and oxygen atoms in total. The van der Waals surface area contributed by atoms with E-state index in [-0.39, 0.29) is 5.41 Å². The molecule has 0 radical (unpaired) electrons. The third-order valence-corrected chi connectivity index (χ3v) is 3.07. The summed E-state index contributed by atoms with van der Waals surface area (Å²) in [6, 6.07) is 5.93. The highest BCUT2D eigenvalue weighted by Crippen LogP contribution is 2.32. The summed E-state index contributed by atoms with van der Waals surface area (Å²) in [5, 5.41) is 0. The first-order valence-corrected chi connectivity index (χ1v) is 6.31. The Kier molecular flexibility index (Phi) is 2.59. The van der Waals surface area contributed by atoms with Crippen molar-refractivity contribution in [2.45, 2.75) is 26.2 Å². The molecule has 0 atom stereocenters. The van der Waals surface area contributed by atoms with Crippen LogP contribution in [0.15, 0.2) is 43.0 Å². The molecule has 0 saturated heterocycles. The van der Waals surface area contributed by atoms with Gasteiger partial charge in [0.2, 0.25) is 5.78 Å². The molecule has 96 valence electrons. The molecule has 0 aliphatic heterocycles. The smallest absolute Gasteiger partial charge is 0.234 e. The Morgan fingerprint density at radius 1 is 1.05 bits per heavy atom. The average molecular weight is 252 g/mol. The van der Waals surface area contributed by atoms with Crippen LogP contribution >= 0.6 is 0 Å². The zero-order valence-corrected chi connectivity index (χ0v) is 11.3. The Morgan fingerprint density at radius 2 is 1.79 bits per heavy atom.